The van der Waals surface area contributed by atoms with Gasteiger partial charge in [0.05, 0.1) is 17.8 Å². The van der Waals surface area contributed by atoms with E-state index >= 15 is 0 Å². The third kappa shape index (κ3) is 3.12. The van der Waals surface area contributed by atoms with Gasteiger partial charge in [-0.25, -0.2) is 4.98 Å². The van der Waals surface area contributed by atoms with Gasteiger partial charge < -0.3 is 5.73 Å². The topological polar surface area (TPSA) is 55.0 Å². The van der Waals surface area contributed by atoms with Gasteiger partial charge in [-0.1, -0.05) is 36.1 Å². The van der Waals surface area contributed by atoms with E-state index in [1.807, 2.05) is 24.5 Å². The molecule has 0 atom stereocenters. The molecule has 0 radical (unpaired) electrons. The highest BCUT2D eigenvalue weighted by Gasteiger charge is 2.16. The first-order valence-electron chi connectivity index (χ1n) is 8.07. The summed E-state index contributed by atoms with van der Waals surface area (Å²) >= 11 is 1.62. The summed E-state index contributed by atoms with van der Waals surface area (Å²) in [7, 11) is 0. The Bertz CT molecular complexity index is 904. The standard InChI is InChI=1S/C19H18N4S/c20-19-22-17-7-10-23(11-8-18(17)24-19)9-3-5-15-13-21-12-14-4-1-2-6-16(14)15/h1-2,4,6,12-13H,7-11H2,(H2,20,22). The van der Waals surface area contributed by atoms with Crippen molar-refractivity contribution in [2.75, 3.05) is 25.4 Å². The second-order valence-corrected chi connectivity index (χ2v) is 7.02. The molecule has 0 spiro atoms. The Hall–Kier alpha value is -2.42. The monoisotopic (exact) mass is 334 g/mol. The van der Waals surface area contributed by atoms with E-state index in [1.54, 1.807) is 11.3 Å². The van der Waals surface area contributed by atoms with Crippen molar-refractivity contribution in [3.63, 3.8) is 0 Å². The van der Waals surface area contributed by atoms with Crippen molar-refractivity contribution in [3.8, 4) is 11.8 Å². The van der Waals surface area contributed by atoms with Gasteiger partial charge >= 0.3 is 0 Å². The first kappa shape index (κ1) is 15.1. The fourth-order valence-corrected chi connectivity index (χ4v) is 3.92. The second-order valence-electron chi connectivity index (χ2n) is 5.91. The number of nitrogens with zero attached hydrogens (tertiary/aromatic N) is 3. The molecular formula is C19H18N4S. The zero-order valence-corrected chi connectivity index (χ0v) is 14.1. The summed E-state index contributed by atoms with van der Waals surface area (Å²) < 4.78 is 0. The minimum absolute atomic E-state index is 0.691. The first-order valence-corrected chi connectivity index (χ1v) is 8.89. The van der Waals surface area contributed by atoms with E-state index in [1.165, 1.54) is 10.6 Å². The molecule has 1 aromatic carbocycles. The minimum atomic E-state index is 0.691. The third-order valence-corrected chi connectivity index (χ3v) is 5.30. The Morgan fingerprint density at radius 3 is 3.00 bits per heavy atom. The van der Waals surface area contributed by atoms with Crippen molar-refractivity contribution < 1.29 is 0 Å². The molecule has 0 bridgehead atoms. The molecule has 0 saturated heterocycles. The SMILES string of the molecule is Nc1nc2c(s1)CCN(CC#Cc1cncc3ccccc13)CC2. The van der Waals surface area contributed by atoms with Crippen LogP contribution in [0.3, 0.4) is 0 Å². The van der Waals surface area contributed by atoms with Gasteiger partial charge in [0.15, 0.2) is 5.13 Å². The average molecular weight is 334 g/mol. The number of nitrogens with two attached hydrogens (primary N) is 1. The maximum atomic E-state index is 5.80. The van der Waals surface area contributed by atoms with E-state index in [4.69, 9.17) is 5.73 Å². The van der Waals surface area contributed by atoms with Crippen molar-refractivity contribution in [1.82, 2.24) is 14.9 Å². The molecule has 2 aromatic heterocycles. The van der Waals surface area contributed by atoms with Crippen LogP contribution in [0.2, 0.25) is 0 Å². The molecule has 24 heavy (non-hydrogen) atoms. The average Bonchev–Trinajstić information content (AvgIpc) is 2.86. The van der Waals surface area contributed by atoms with Gasteiger partial charge in [0.25, 0.3) is 0 Å². The Morgan fingerprint density at radius 2 is 2.04 bits per heavy atom. The Morgan fingerprint density at radius 1 is 1.17 bits per heavy atom. The van der Waals surface area contributed by atoms with Gasteiger partial charge in [-0.05, 0) is 6.42 Å². The van der Waals surface area contributed by atoms with Crippen LogP contribution in [0.5, 0.6) is 0 Å². The number of aromatic nitrogens is 2. The van der Waals surface area contributed by atoms with E-state index in [0.29, 0.717) is 5.13 Å². The quantitative estimate of drug-likeness (QED) is 0.695. The molecule has 0 unspecified atom stereocenters. The number of pyridine rings is 1. The van der Waals surface area contributed by atoms with Crippen LogP contribution in [0.4, 0.5) is 5.13 Å². The normalized spacial score (nSPS) is 14.7. The van der Waals surface area contributed by atoms with E-state index in [0.717, 1.165) is 48.8 Å². The number of rotatable bonds is 1. The lowest BCUT2D eigenvalue weighted by Gasteiger charge is -2.15. The predicted molar refractivity (Wildman–Crippen MR) is 99.0 cm³/mol. The summed E-state index contributed by atoms with van der Waals surface area (Å²) in [5.74, 6) is 6.61. The smallest absolute Gasteiger partial charge is 0.180 e. The van der Waals surface area contributed by atoms with Crippen LogP contribution in [-0.4, -0.2) is 34.5 Å². The van der Waals surface area contributed by atoms with E-state index in [-0.39, 0.29) is 0 Å². The molecular weight excluding hydrogens is 316 g/mol. The van der Waals surface area contributed by atoms with Crippen molar-refractivity contribution in [1.29, 1.82) is 0 Å². The largest absolute Gasteiger partial charge is 0.375 e. The van der Waals surface area contributed by atoms with Gasteiger partial charge in [-0.2, -0.15) is 0 Å². The molecule has 4 nitrogen and oxygen atoms in total. The van der Waals surface area contributed by atoms with Gasteiger partial charge in [0, 0.05) is 47.6 Å². The second kappa shape index (κ2) is 6.60. The lowest BCUT2D eigenvalue weighted by molar-refractivity contribution is 0.323. The molecule has 1 aliphatic rings. The Labute approximate surface area is 145 Å². The van der Waals surface area contributed by atoms with Crippen LogP contribution in [0.15, 0.2) is 36.7 Å². The van der Waals surface area contributed by atoms with Gasteiger partial charge in [0.1, 0.15) is 0 Å². The lowest BCUT2D eigenvalue weighted by Crippen LogP contribution is -2.26. The number of benzene rings is 1. The molecule has 0 fully saturated rings. The molecule has 1 aliphatic heterocycles. The van der Waals surface area contributed by atoms with Crippen molar-refractivity contribution in [3.05, 3.63) is 52.8 Å². The molecule has 0 saturated carbocycles. The summed E-state index contributed by atoms with van der Waals surface area (Å²) in [5, 5.41) is 2.99. The maximum absolute atomic E-state index is 5.80. The summed E-state index contributed by atoms with van der Waals surface area (Å²) in [6.45, 7) is 2.77. The summed E-state index contributed by atoms with van der Waals surface area (Å²) in [5.41, 5.74) is 7.97. The molecule has 5 heteroatoms. The van der Waals surface area contributed by atoms with E-state index < -0.39 is 0 Å². The Balaban J connectivity index is 1.46. The molecule has 0 amide bonds. The molecule has 120 valence electrons. The molecule has 2 N–H and O–H groups in total. The highest BCUT2D eigenvalue weighted by molar-refractivity contribution is 7.15. The third-order valence-electron chi connectivity index (χ3n) is 4.31. The maximum Gasteiger partial charge on any atom is 0.180 e. The van der Waals surface area contributed by atoms with Gasteiger partial charge in [0.2, 0.25) is 0 Å². The summed E-state index contributed by atoms with van der Waals surface area (Å²) in [4.78, 5) is 12.4. The number of anilines is 1. The zero-order valence-electron chi connectivity index (χ0n) is 13.3. The van der Waals surface area contributed by atoms with Crippen molar-refractivity contribution >= 4 is 27.2 Å². The van der Waals surface area contributed by atoms with Crippen molar-refractivity contribution in [2.24, 2.45) is 0 Å². The van der Waals surface area contributed by atoms with E-state index in [2.05, 4.69) is 38.8 Å². The number of thiazole rings is 1. The number of hydrogen-bond donors (Lipinski definition) is 1. The van der Waals surface area contributed by atoms with Crippen molar-refractivity contribution in [2.45, 2.75) is 12.8 Å². The predicted octanol–water partition coefficient (Wildman–Crippen LogP) is 2.73. The Kier molecular flexibility index (Phi) is 4.16. The zero-order chi connectivity index (χ0) is 16.4. The highest BCUT2D eigenvalue weighted by Crippen LogP contribution is 2.24. The highest BCUT2D eigenvalue weighted by atomic mass is 32.1. The van der Waals surface area contributed by atoms with Crippen LogP contribution in [0.1, 0.15) is 16.1 Å². The number of nitrogen functional groups attached to an aromatic ring is 1. The summed E-state index contributed by atoms with van der Waals surface area (Å²) in [6.07, 6.45) is 5.70. The lowest BCUT2D eigenvalue weighted by atomic mass is 10.1. The number of hydrogen-bond acceptors (Lipinski definition) is 5. The van der Waals surface area contributed by atoms with Gasteiger partial charge in [-0.15, -0.1) is 11.3 Å². The molecule has 3 aromatic rings. The minimum Gasteiger partial charge on any atom is -0.375 e. The molecule has 4 rings (SSSR count). The van der Waals surface area contributed by atoms with Crippen LogP contribution < -0.4 is 5.73 Å². The van der Waals surface area contributed by atoms with E-state index in [9.17, 15) is 0 Å². The fourth-order valence-electron chi connectivity index (χ4n) is 3.05. The van der Waals surface area contributed by atoms with Crippen LogP contribution in [0.25, 0.3) is 10.8 Å². The summed E-state index contributed by atoms with van der Waals surface area (Å²) in [6, 6.07) is 8.23. The van der Waals surface area contributed by atoms with Gasteiger partial charge in [-0.3, -0.25) is 9.88 Å². The fraction of sp³-hybridized carbons (Fsp3) is 0.263. The first-order chi connectivity index (χ1) is 11.8. The van der Waals surface area contributed by atoms with Crippen LogP contribution in [0, 0.1) is 11.8 Å². The van der Waals surface area contributed by atoms with Crippen LogP contribution >= 0.6 is 11.3 Å². The molecule has 3 heterocycles. The molecule has 0 aliphatic carbocycles. The number of fused-ring (bicyclic) bond motifs is 2. The van der Waals surface area contributed by atoms with Crippen LogP contribution in [-0.2, 0) is 12.8 Å².